The van der Waals surface area contributed by atoms with Crippen molar-refractivity contribution in [3.05, 3.63) is 28.8 Å². The van der Waals surface area contributed by atoms with Crippen LogP contribution in [-0.2, 0) is 19.3 Å². The topological polar surface area (TPSA) is 89.9 Å². The van der Waals surface area contributed by atoms with E-state index in [0.29, 0.717) is 26.2 Å². The summed E-state index contributed by atoms with van der Waals surface area (Å²) in [5.41, 5.74) is -0.126. The lowest BCUT2D eigenvalue weighted by Gasteiger charge is -2.07. The highest BCUT2D eigenvalue weighted by Gasteiger charge is 2.17. The molecule has 0 aliphatic heterocycles. The number of aromatic carboxylic acids is 1. The molecule has 118 valence electrons. The van der Waals surface area contributed by atoms with Gasteiger partial charge < -0.3 is 14.6 Å². The smallest absolute Gasteiger partial charge is 0.337 e. The van der Waals surface area contributed by atoms with Crippen LogP contribution in [0.1, 0.15) is 16.8 Å². The van der Waals surface area contributed by atoms with Gasteiger partial charge in [0.15, 0.2) is 9.84 Å². The second-order valence-electron chi connectivity index (χ2n) is 4.22. The molecular formula is C13H17ClO6S. The summed E-state index contributed by atoms with van der Waals surface area (Å²) >= 11 is 5.77. The quantitative estimate of drug-likeness (QED) is 0.692. The molecule has 0 aliphatic carbocycles. The summed E-state index contributed by atoms with van der Waals surface area (Å²) in [6.45, 7) is 1.18. The summed E-state index contributed by atoms with van der Waals surface area (Å²) < 4.78 is 34.1. The van der Waals surface area contributed by atoms with Gasteiger partial charge in [0, 0.05) is 13.7 Å². The molecule has 0 aliphatic rings. The van der Waals surface area contributed by atoms with E-state index in [-0.39, 0.29) is 21.2 Å². The minimum atomic E-state index is -3.51. The Hall–Kier alpha value is -1.15. The number of halogens is 1. The summed E-state index contributed by atoms with van der Waals surface area (Å²) in [6, 6.07) is 3.59. The zero-order valence-electron chi connectivity index (χ0n) is 11.5. The molecule has 0 spiro atoms. The van der Waals surface area contributed by atoms with Crippen LogP contribution in [0.2, 0.25) is 5.02 Å². The zero-order chi connectivity index (χ0) is 15.9. The van der Waals surface area contributed by atoms with Gasteiger partial charge in [-0.25, -0.2) is 13.2 Å². The standard InChI is InChI=1S/C13H17ClO6S/c1-19-6-7-20-5-2-8-21(17,18)10-3-4-11(13(15)16)12(14)9-10/h3-4,9H,2,5-8H2,1H3,(H,15,16). The highest BCUT2D eigenvalue weighted by Crippen LogP contribution is 2.22. The van der Waals surface area contributed by atoms with Crippen LogP contribution in [0.5, 0.6) is 0 Å². The fraction of sp³-hybridized carbons (Fsp3) is 0.462. The van der Waals surface area contributed by atoms with Crippen molar-refractivity contribution in [2.24, 2.45) is 0 Å². The molecule has 1 aromatic rings. The number of hydrogen-bond donors (Lipinski definition) is 1. The zero-order valence-corrected chi connectivity index (χ0v) is 13.1. The van der Waals surface area contributed by atoms with Crippen molar-refractivity contribution in [2.45, 2.75) is 11.3 Å². The van der Waals surface area contributed by atoms with Gasteiger partial charge in [-0.3, -0.25) is 0 Å². The lowest BCUT2D eigenvalue weighted by Crippen LogP contribution is -2.11. The SMILES string of the molecule is COCCOCCCS(=O)(=O)c1ccc(C(=O)O)c(Cl)c1. The summed E-state index contributed by atoms with van der Waals surface area (Å²) in [5, 5.41) is 8.75. The third-order valence-electron chi connectivity index (χ3n) is 2.66. The first-order valence-electron chi connectivity index (χ1n) is 6.21. The lowest BCUT2D eigenvalue weighted by atomic mass is 10.2. The predicted molar refractivity (Wildman–Crippen MR) is 77.8 cm³/mol. The number of ether oxygens (including phenoxy) is 2. The van der Waals surface area contributed by atoms with Crippen molar-refractivity contribution in [3.63, 3.8) is 0 Å². The normalized spacial score (nSPS) is 11.5. The largest absolute Gasteiger partial charge is 0.478 e. The second-order valence-corrected chi connectivity index (χ2v) is 6.74. The molecule has 0 fully saturated rings. The van der Waals surface area contributed by atoms with E-state index in [9.17, 15) is 13.2 Å². The summed E-state index contributed by atoms with van der Waals surface area (Å²) in [6.07, 6.45) is 0.338. The van der Waals surface area contributed by atoms with Gasteiger partial charge in [-0.2, -0.15) is 0 Å². The molecule has 0 amide bonds. The van der Waals surface area contributed by atoms with E-state index in [1.165, 1.54) is 12.1 Å². The molecule has 0 saturated carbocycles. The molecule has 0 atom stereocenters. The number of carboxylic acid groups (broad SMARTS) is 1. The van der Waals surface area contributed by atoms with Gasteiger partial charge in [0.05, 0.1) is 34.4 Å². The van der Waals surface area contributed by atoms with E-state index in [0.717, 1.165) is 6.07 Å². The fourth-order valence-corrected chi connectivity index (χ4v) is 3.21. The molecule has 0 aromatic heterocycles. The minimum Gasteiger partial charge on any atom is -0.478 e. The molecule has 0 radical (unpaired) electrons. The third kappa shape index (κ3) is 5.62. The van der Waals surface area contributed by atoms with Crippen LogP contribution >= 0.6 is 11.6 Å². The number of rotatable bonds is 9. The first-order valence-corrected chi connectivity index (χ1v) is 8.24. The van der Waals surface area contributed by atoms with Crippen LogP contribution in [0, 0.1) is 0 Å². The third-order valence-corrected chi connectivity index (χ3v) is 4.77. The number of carbonyl (C=O) groups is 1. The predicted octanol–water partition coefficient (Wildman–Crippen LogP) is 1.87. The maximum Gasteiger partial charge on any atom is 0.337 e. The van der Waals surface area contributed by atoms with Crippen molar-refractivity contribution in [1.82, 2.24) is 0 Å². The summed E-state index contributed by atoms with van der Waals surface area (Å²) in [7, 11) is -1.95. The lowest BCUT2D eigenvalue weighted by molar-refractivity contribution is 0.0697. The summed E-state index contributed by atoms with van der Waals surface area (Å²) in [4.78, 5) is 10.8. The van der Waals surface area contributed by atoms with Crippen molar-refractivity contribution >= 4 is 27.4 Å². The Labute approximate surface area is 128 Å². The Morgan fingerprint density at radius 1 is 1.29 bits per heavy atom. The van der Waals surface area contributed by atoms with Gasteiger partial charge in [0.1, 0.15) is 0 Å². The first-order chi connectivity index (χ1) is 9.88. The van der Waals surface area contributed by atoms with Gasteiger partial charge >= 0.3 is 5.97 Å². The van der Waals surface area contributed by atoms with Gasteiger partial charge in [0.2, 0.25) is 0 Å². The van der Waals surface area contributed by atoms with E-state index in [2.05, 4.69) is 0 Å². The molecule has 1 aromatic carbocycles. The number of benzene rings is 1. The molecule has 6 nitrogen and oxygen atoms in total. The average molecular weight is 337 g/mol. The molecule has 0 saturated heterocycles. The van der Waals surface area contributed by atoms with E-state index in [1.54, 1.807) is 7.11 Å². The van der Waals surface area contributed by atoms with E-state index in [1.807, 2.05) is 0 Å². The molecule has 0 heterocycles. The van der Waals surface area contributed by atoms with Crippen molar-refractivity contribution in [1.29, 1.82) is 0 Å². The van der Waals surface area contributed by atoms with Gasteiger partial charge in [0.25, 0.3) is 0 Å². The van der Waals surface area contributed by atoms with E-state index in [4.69, 9.17) is 26.2 Å². The van der Waals surface area contributed by atoms with Gasteiger partial charge in [-0.05, 0) is 24.6 Å². The molecule has 1 N–H and O–H groups in total. The Morgan fingerprint density at radius 3 is 2.57 bits per heavy atom. The summed E-state index contributed by atoms with van der Waals surface area (Å²) in [5.74, 6) is -1.29. The monoisotopic (exact) mass is 336 g/mol. The van der Waals surface area contributed by atoms with Crippen LogP contribution in [-0.4, -0.2) is 52.2 Å². The van der Waals surface area contributed by atoms with Gasteiger partial charge in [-0.1, -0.05) is 11.6 Å². The molecule has 1 rings (SSSR count). The Bertz CT molecular complexity index is 584. The van der Waals surface area contributed by atoms with Crippen molar-refractivity contribution in [2.75, 3.05) is 32.7 Å². The first kappa shape index (κ1) is 17.9. The molecule has 8 heteroatoms. The van der Waals surface area contributed by atoms with Crippen molar-refractivity contribution in [3.8, 4) is 0 Å². The highest BCUT2D eigenvalue weighted by atomic mass is 35.5. The number of carboxylic acids is 1. The molecule has 0 unspecified atom stereocenters. The Balaban J connectivity index is 2.62. The fourth-order valence-electron chi connectivity index (χ4n) is 1.58. The molecule has 0 bridgehead atoms. The minimum absolute atomic E-state index is 0.00870. The number of sulfone groups is 1. The van der Waals surface area contributed by atoms with Gasteiger partial charge in [-0.15, -0.1) is 0 Å². The highest BCUT2D eigenvalue weighted by molar-refractivity contribution is 7.91. The Morgan fingerprint density at radius 2 is 2.00 bits per heavy atom. The average Bonchev–Trinajstić information content (AvgIpc) is 2.42. The molecule has 21 heavy (non-hydrogen) atoms. The van der Waals surface area contributed by atoms with E-state index < -0.39 is 15.8 Å². The molecular weight excluding hydrogens is 320 g/mol. The van der Waals surface area contributed by atoms with Crippen molar-refractivity contribution < 1.29 is 27.8 Å². The maximum atomic E-state index is 12.1. The number of hydrogen-bond acceptors (Lipinski definition) is 5. The van der Waals surface area contributed by atoms with Crippen LogP contribution in [0.4, 0.5) is 0 Å². The second kappa shape index (κ2) is 8.33. The van der Waals surface area contributed by atoms with Crippen LogP contribution < -0.4 is 0 Å². The van der Waals surface area contributed by atoms with Crippen LogP contribution in [0.15, 0.2) is 23.1 Å². The number of methoxy groups -OCH3 is 1. The Kier molecular flexibility index (Phi) is 7.10. The van der Waals surface area contributed by atoms with E-state index >= 15 is 0 Å². The van der Waals surface area contributed by atoms with Crippen LogP contribution in [0.3, 0.4) is 0 Å². The maximum absolute atomic E-state index is 12.1. The van der Waals surface area contributed by atoms with Crippen LogP contribution in [0.25, 0.3) is 0 Å².